The zero-order valence-electron chi connectivity index (χ0n) is 15.9. The fourth-order valence-electron chi connectivity index (χ4n) is 4.14. The van der Waals surface area contributed by atoms with Crippen LogP contribution in [0.3, 0.4) is 0 Å². The number of H-pyrrole nitrogens is 1. The third-order valence-corrected chi connectivity index (χ3v) is 5.41. The maximum Gasteiger partial charge on any atom is 0.0491 e. The predicted molar refractivity (Wildman–Crippen MR) is 121 cm³/mol. The number of aromatic nitrogens is 2. The number of hydrogen-bond acceptors (Lipinski definition) is 0. The summed E-state index contributed by atoms with van der Waals surface area (Å²) in [5.74, 6) is 0. The van der Waals surface area contributed by atoms with Crippen molar-refractivity contribution in [3.8, 4) is 0 Å². The van der Waals surface area contributed by atoms with E-state index in [0.717, 1.165) is 6.54 Å². The van der Waals surface area contributed by atoms with Crippen LogP contribution in [-0.4, -0.2) is 9.55 Å². The number of nitrogens with zero attached hydrogens (tertiary/aromatic N) is 1. The highest BCUT2D eigenvalue weighted by atomic mass is 15.0. The molecule has 0 aliphatic heterocycles. The largest absolute Gasteiger partial charge is 0.355 e. The number of aromatic amines is 1. The minimum absolute atomic E-state index is 1.02. The second kappa shape index (κ2) is 6.90. The van der Waals surface area contributed by atoms with Crippen LogP contribution >= 0.6 is 0 Å². The molecular weight excluding hydrogens is 340 g/mol. The second-order valence-corrected chi connectivity index (χ2v) is 6.99. The van der Waals surface area contributed by atoms with Gasteiger partial charge in [0.2, 0.25) is 0 Å². The van der Waals surface area contributed by atoms with E-state index in [1.54, 1.807) is 0 Å². The molecule has 6 rings (SSSR count). The number of benzene rings is 4. The summed E-state index contributed by atoms with van der Waals surface area (Å²) >= 11 is 0. The Morgan fingerprint density at radius 3 is 1.39 bits per heavy atom. The lowest BCUT2D eigenvalue weighted by atomic mass is 10.2. The summed E-state index contributed by atoms with van der Waals surface area (Å²) in [5, 5.41) is 5.32. The molecule has 0 fully saturated rings. The highest BCUT2D eigenvalue weighted by Crippen LogP contribution is 2.28. The topological polar surface area (TPSA) is 20.7 Å². The third kappa shape index (κ3) is 2.66. The van der Waals surface area contributed by atoms with Crippen molar-refractivity contribution in [2.24, 2.45) is 0 Å². The number of para-hydroxylation sites is 4. The van der Waals surface area contributed by atoms with Crippen LogP contribution in [0.5, 0.6) is 0 Å². The van der Waals surface area contributed by atoms with Crippen molar-refractivity contribution in [2.75, 3.05) is 0 Å². The first-order chi connectivity index (χ1) is 13.9. The lowest BCUT2D eigenvalue weighted by Gasteiger charge is -2.01. The third-order valence-electron chi connectivity index (χ3n) is 5.41. The van der Waals surface area contributed by atoms with E-state index in [9.17, 15) is 0 Å². The zero-order chi connectivity index (χ0) is 18.9. The van der Waals surface area contributed by atoms with Crippen LogP contribution in [0.25, 0.3) is 43.6 Å². The smallest absolute Gasteiger partial charge is 0.0491 e. The highest BCUT2D eigenvalue weighted by Gasteiger charge is 2.06. The molecule has 0 aliphatic carbocycles. The average Bonchev–Trinajstić information content (AvgIpc) is 3.30. The first kappa shape index (κ1) is 16.6. The molecule has 0 bridgehead atoms. The molecule has 28 heavy (non-hydrogen) atoms. The van der Waals surface area contributed by atoms with Gasteiger partial charge in [0.25, 0.3) is 0 Å². The van der Waals surface area contributed by atoms with E-state index in [1.165, 1.54) is 43.6 Å². The number of nitrogens with one attached hydrogen (secondary N) is 1. The Balaban J connectivity index is 0.000000123. The van der Waals surface area contributed by atoms with Crippen molar-refractivity contribution in [1.82, 2.24) is 9.55 Å². The number of aryl methyl sites for hydroxylation is 1. The molecule has 0 aliphatic rings. The summed E-state index contributed by atoms with van der Waals surface area (Å²) in [6.07, 6.45) is 0. The molecule has 0 saturated carbocycles. The minimum atomic E-state index is 1.02. The molecule has 0 radical (unpaired) electrons. The molecule has 2 nitrogen and oxygen atoms in total. The Labute approximate surface area is 164 Å². The Kier molecular flexibility index (Phi) is 4.10. The van der Waals surface area contributed by atoms with E-state index in [4.69, 9.17) is 0 Å². The molecule has 0 saturated heterocycles. The quantitative estimate of drug-likeness (QED) is 0.321. The van der Waals surface area contributed by atoms with Crippen LogP contribution in [0.15, 0.2) is 97.1 Å². The van der Waals surface area contributed by atoms with Crippen LogP contribution in [0.4, 0.5) is 0 Å². The average molecular weight is 362 g/mol. The SMILES string of the molecule is CCn1c2ccccc2c2ccccc21.c1ccc2c(c1)[nH]c1ccccc12. The normalized spacial score (nSPS) is 11.2. The van der Waals surface area contributed by atoms with Crippen LogP contribution in [-0.2, 0) is 6.54 Å². The maximum atomic E-state index is 3.38. The molecule has 2 aromatic heterocycles. The summed E-state index contributed by atoms with van der Waals surface area (Å²) in [6, 6.07) is 34.0. The van der Waals surface area contributed by atoms with Crippen molar-refractivity contribution in [3.05, 3.63) is 97.1 Å². The monoisotopic (exact) mass is 362 g/mol. The lowest BCUT2D eigenvalue weighted by molar-refractivity contribution is 0.827. The van der Waals surface area contributed by atoms with E-state index in [0.29, 0.717) is 0 Å². The molecular formula is C26H22N2. The van der Waals surface area contributed by atoms with E-state index in [-0.39, 0.29) is 0 Å². The maximum absolute atomic E-state index is 3.38. The Bertz CT molecular complexity index is 1300. The van der Waals surface area contributed by atoms with Crippen molar-refractivity contribution >= 4 is 43.6 Å². The fourth-order valence-corrected chi connectivity index (χ4v) is 4.14. The van der Waals surface area contributed by atoms with Crippen LogP contribution in [0.1, 0.15) is 6.92 Å². The van der Waals surface area contributed by atoms with Crippen molar-refractivity contribution in [2.45, 2.75) is 13.5 Å². The molecule has 0 atom stereocenters. The second-order valence-electron chi connectivity index (χ2n) is 6.99. The summed E-state index contributed by atoms with van der Waals surface area (Å²) in [5.41, 5.74) is 5.09. The summed E-state index contributed by atoms with van der Waals surface area (Å²) < 4.78 is 2.37. The Morgan fingerprint density at radius 1 is 0.536 bits per heavy atom. The summed E-state index contributed by atoms with van der Waals surface area (Å²) in [6.45, 7) is 3.22. The standard InChI is InChI=1S/C14H13N.C12H9N/c1-2-15-13-9-5-3-7-11(13)12-8-4-6-10-14(12)15;1-3-7-11-9(5-1)10-6-2-4-8-12(10)13-11/h3-10H,2H2,1H3;1-8,13H. The molecule has 6 aromatic rings. The number of hydrogen-bond donors (Lipinski definition) is 1. The van der Waals surface area contributed by atoms with Crippen molar-refractivity contribution in [1.29, 1.82) is 0 Å². The van der Waals surface area contributed by atoms with Gasteiger partial charge >= 0.3 is 0 Å². The van der Waals surface area contributed by atoms with Gasteiger partial charge in [0.1, 0.15) is 0 Å². The van der Waals surface area contributed by atoms with Gasteiger partial charge in [0, 0.05) is 50.2 Å². The van der Waals surface area contributed by atoms with E-state index in [2.05, 4.69) is 114 Å². The van der Waals surface area contributed by atoms with Crippen LogP contribution in [0, 0.1) is 0 Å². The van der Waals surface area contributed by atoms with Gasteiger partial charge in [-0.25, -0.2) is 0 Å². The molecule has 1 N–H and O–H groups in total. The summed E-state index contributed by atoms with van der Waals surface area (Å²) in [4.78, 5) is 3.38. The Morgan fingerprint density at radius 2 is 0.929 bits per heavy atom. The minimum Gasteiger partial charge on any atom is -0.355 e. The van der Waals surface area contributed by atoms with Gasteiger partial charge in [-0.1, -0.05) is 72.8 Å². The zero-order valence-corrected chi connectivity index (χ0v) is 15.9. The number of fused-ring (bicyclic) bond motifs is 6. The van der Waals surface area contributed by atoms with Gasteiger partial charge in [-0.05, 0) is 31.2 Å². The Hall–Kier alpha value is -3.52. The van der Waals surface area contributed by atoms with Gasteiger partial charge in [-0.2, -0.15) is 0 Å². The van der Waals surface area contributed by atoms with Gasteiger partial charge in [-0.3, -0.25) is 0 Å². The predicted octanol–water partition coefficient (Wildman–Crippen LogP) is 7.14. The molecule has 136 valence electrons. The molecule has 4 aromatic carbocycles. The first-order valence-corrected chi connectivity index (χ1v) is 9.78. The first-order valence-electron chi connectivity index (χ1n) is 9.78. The summed E-state index contributed by atoms with van der Waals surface area (Å²) in [7, 11) is 0. The van der Waals surface area contributed by atoms with Gasteiger partial charge in [0.05, 0.1) is 0 Å². The van der Waals surface area contributed by atoms with E-state index >= 15 is 0 Å². The van der Waals surface area contributed by atoms with E-state index < -0.39 is 0 Å². The van der Waals surface area contributed by atoms with Gasteiger partial charge < -0.3 is 9.55 Å². The molecule has 0 spiro atoms. The van der Waals surface area contributed by atoms with Gasteiger partial charge in [0.15, 0.2) is 0 Å². The molecule has 2 heteroatoms. The molecule has 0 unspecified atom stereocenters. The lowest BCUT2D eigenvalue weighted by Crippen LogP contribution is -1.91. The molecule has 2 heterocycles. The molecule has 0 amide bonds. The van der Waals surface area contributed by atoms with Crippen molar-refractivity contribution in [3.63, 3.8) is 0 Å². The van der Waals surface area contributed by atoms with Gasteiger partial charge in [-0.15, -0.1) is 0 Å². The van der Waals surface area contributed by atoms with E-state index in [1.807, 2.05) is 0 Å². The highest BCUT2D eigenvalue weighted by molar-refractivity contribution is 6.08. The van der Waals surface area contributed by atoms with Crippen LogP contribution in [0.2, 0.25) is 0 Å². The fraction of sp³-hybridized carbons (Fsp3) is 0.0769. The van der Waals surface area contributed by atoms with Crippen LogP contribution < -0.4 is 0 Å². The van der Waals surface area contributed by atoms with Crippen molar-refractivity contribution < 1.29 is 0 Å². The number of rotatable bonds is 1.